The molecule has 3 aromatic rings. The summed E-state index contributed by atoms with van der Waals surface area (Å²) >= 11 is 6.13. The van der Waals surface area contributed by atoms with Gasteiger partial charge < -0.3 is 4.74 Å². The van der Waals surface area contributed by atoms with E-state index in [0.717, 1.165) is 5.56 Å². The smallest absolute Gasteiger partial charge is 0.341 e. The van der Waals surface area contributed by atoms with Crippen molar-refractivity contribution >= 4 is 23.3 Å². The molecule has 138 valence electrons. The van der Waals surface area contributed by atoms with Crippen molar-refractivity contribution in [2.75, 3.05) is 0 Å². The number of carbonyl (C=O) groups excluding carboxylic acids is 1. The zero-order valence-corrected chi connectivity index (χ0v) is 15.2. The molecule has 1 atom stereocenters. The summed E-state index contributed by atoms with van der Waals surface area (Å²) in [5, 5.41) is 15.9. The number of para-hydroxylation sites is 1. The van der Waals surface area contributed by atoms with Crippen molar-refractivity contribution in [2.24, 2.45) is 0 Å². The van der Waals surface area contributed by atoms with Crippen molar-refractivity contribution in [3.8, 4) is 0 Å². The van der Waals surface area contributed by atoms with Gasteiger partial charge in [-0.3, -0.25) is 14.8 Å². The molecule has 0 amide bonds. The molecular formula is C19H16ClN3O4. The van der Waals surface area contributed by atoms with Crippen molar-refractivity contribution < 1.29 is 14.5 Å². The molecule has 0 radical (unpaired) electrons. The Labute approximate surface area is 160 Å². The third-order valence-corrected chi connectivity index (χ3v) is 4.38. The lowest BCUT2D eigenvalue weighted by Crippen LogP contribution is -2.10. The maximum absolute atomic E-state index is 12.4. The minimum absolute atomic E-state index is 0.0905. The van der Waals surface area contributed by atoms with Crippen LogP contribution < -0.4 is 0 Å². The van der Waals surface area contributed by atoms with Crippen LogP contribution in [0, 0.1) is 10.1 Å². The minimum Gasteiger partial charge on any atom is -0.454 e. The van der Waals surface area contributed by atoms with Gasteiger partial charge in [-0.05, 0) is 24.6 Å². The van der Waals surface area contributed by atoms with Gasteiger partial charge in [0.05, 0.1) is 28.8 Å². The molecule has 0 saturated heterocycles. The van der Waals surface area contributed by atoms with E-state index in [1.807, 2.05) is 18.2 Å². The number of aromatic nitrogens is 2. The number of hydrogen-bond donors (Lipinski definition) is 0. The average molecular weight is 386 g/mol. The second kappa shape index (κ2) is 8.01. The quantitative estimate of drug-likeness (QED) is 0.356. The van der Waals surface area contributed by atoms with E-state index in [4.69, 9.17) is 16.3 Å². The maximum Gasteiger partial charge on any atom is 0.341 e. The standard InChI is InChI=1S/C19H16ClN3O4/c1-13(16-7-3-5-9-18(16)23(25)26)27-19(24)15-10-21-22(12-15)11-14-6-2-4-8-17(14)20/h2-10,12-13H,11H2,1H3. The molecule has 1 heterocycles. The van der Waals surface area contributed by atoms with Crippen molar-refractivity contribution in [2.45, 2.75) is 19.6 Å². The summed E-state index contributed by atoms with van der Waals surface area (Å²) in [6, 6.07) is 13.5. The molecule has 0 aliphatic carbocycles. The highest BCUT2D eigenvalue weighted by molar-refractivity contribution is 6.31. The Bertz CT molecular complexity index is 986. The third-order valence-electron chi connectivity index (χ3n) is 4.01. The summed E-state index contributed by atoms with van der Waals surface area (Å²) in [6.07, 6.45) is 2.18. The van der Waals surface area contributed by atoms with Crippen LogP contribution in [0.25, 0.3) is 0 Å². The number of nitro benzene ring substituents is 1. The Hall–Kier alpha value is -3.19. The van der Waals surface area contributed by atoms with Gasteiger partial charge in [0.2, 0.25) is 0 Å². The molecular weight excluding hydrogens is 370 g/mol. The van der Waals surface area contributed by atoms with Gasteiger partial charge in [-0.2, -0.15) is 5.10 Å². The number of carbonyl (C=O) groups is 1. The molecule has 0 N–H and O–H groups in total. The molecule has 3 rings (SSSR count). The molecule has 1 unspecified atom stereocenters. The number of nitro groups is 1. The highest BCUT2D eigenvalue weighted by Crippen LogP contribution is 2.27. The zero-order chi connectivity index (χ0) is 19.4. The summed E-state index contributed by atoms with van der Waals surface area (Å²) in [6.45, 7) is 2.00. The van der Waals surface area contributed by atoms with Crippen molar-refractivity contribution in [3.63, 3.8) is 0 Å². The summed E-state index contributed by atoms with van der Waals surface area (Å²) in [4.78, 5) is 23.0. The highest BCUT2D eigenvalue weighted by atomic mass is 35.5. The molecule has 8 heteroatoms. The monoisotopic (exact) mass is 385 g/mol. The fourth-order valence-electron chi connectivity index (χ4n) is 2.65. The van der Waals surface area contributed by atoms with Gasteiger partial charge in [-0.15, -0.1) is 0 Å². The third kappa shape index (κ3) is 4.32. The van der Waals surface area contributed by atoms with Crippen LogP contribution in [-0.4, -0.2) is 20.7 Å². The molecule has 27 heavy (non-hydrogen) atoms. The van der Waals surface area contributed by atoms with Gasteiger partial charge in [-0.25, -0.2) is 4.79 Å². The van der Waals surface area contributed by atoms with Crippen LogP contribution in [0.4, 0.5) is 5.69 Å². The van der Waals surface area contributed by atoms with E-state index < -0.39 is 17.0 Å². The number of benzene rings is 2. The second-order valence-corrected chi connectivity index (χ2v) is 6.29. The van der Waals surface area contributed by atoms with Gasteiger partial charge in [0.15, 0.2) is 0 Å². The first-order valence-corrected chi connectivity index (χ1v) is 8.53. The predicted molar refractivity (Wildman–Crippen MR) is 99.7 cm³/mol. The average Bonchev–Trinajstić information content (AvgIpc) is 3.12. The molecule has 0 bridgehead atoms. The first-order valence-electron chi connectivity index (χ1n) is 8.16. The van der Waals surface area contributed by atoms with Crippen molar-refractivity contribution in [1.29, 1.82) is 0 Å². The number of esters is 1. The van der Waals surface area contributed by atoms with Crippen LogP contribution in [0.15, 0.2) is 60.9 Å². The Kier molecular flexibility index (Phi) is 5.52. The molecule has 1 aromatic heterocycles. The molecule has 2 aromatic carbocycles. The number of hydrogen-bond acceptors (Lipinski definition) is 5. The van der Waals surface area contributed by atoms with E-state index in [1.54, 1.807) is 42.1 Å². The second-order valence-electron chi connectivity index (χ2n) is 5.88. The lowest BCUT2D eigenvalue weighted by atomic mass is 10.1. The number of ether oxygens (including phenoxy) is 1. The van der Waals surface area contributed by atoms with Gasteiger partial charge in [0.1, 0.15) is 6.10 Å². The number of rotatable bonds is 6. The molecule has 0 saturated carbocycles. The fraction of sp³-hybridized carbons (Fsp3) is 0.158. The lowest BCUT2D eigenvalue weighted by Gasteiger charge is -2.13. The first-order chi connectivity index (χ1) is 13.0. The summed E-state index contributed by atoms with van der Waals surface area (Å²) in [5.41, 5.74) is 1.37. The normalized spacial score (nSPS) is 11.8. The molecule has 7 nitrogen and oxygen atoms in total. The van der Waals surface area contributed by atoms with Crippen LogP contribution in [0.3, 0.4) is 0 Å². The molecule has 0 fully saturated rings. The lowest BCUT2D eigenvalue weighted by molar-refractivity contribution is -0.386. The Morgan fingerprint density at radius 3 is 2.70 bits per heavy atom. The van der Waals surface area contributed by atoms with Crippen LogP contribution in [0.2, 0.25) is 5.02 Å². The van der Waals surface area contributed by atoms with Crippen LogP contribution in [0.1, 0.15) is 34.5 Å². The molecule has 0 aliphatic rings. The van der Waals surface area contributed by atoms with E-state index in [2.05, 4.69) is 5.10 Å². The van der Waals surface area contributed by atoms with Crippen molar-refractivity contribution in [3.05, 3.63) is 92.8 Å². The zero-order valence-electron chi connectivity index (χ0n) is 14.4. The first kappa shape index (κ1) is 18.6. The van der Waals surface area contributed by atoms with Crippen LogP contribution in [0.5, 0.6) is 0 Å². The Balaban J connectivity index is 1.71. The number of halogens is 1. The summed E-state index contributed by atoms with van der Waals surface area (Å²) in [5.74, 6) is -0.606. The fourth-order valence-corrected chi connectivity index (χ4v) is 2.84. The summed E-state index contributed by atoms with van der Waals surface area (Å²) < 4.78 is 6.95. The maximum atomic E-state index is 12.4. The van der Waals surface area contributed by atoms with E-state index >= 15 is 0 Å². The Morgan fingerprint density at radius 2 is 1.96 bits per heavy atom. The van der Waals surface area contributed by atoms with E-state index in [0.29, 0.717) is 17.1 Å². The highest BCUT2D eigenvalue weighted by Gasteiger charge is 2.22. The van der Waals surface area contributed by atoms with E-state index in [1.165, 1.54) is 12.3 Å². The largest absolute Gasteiger partial charge is 0.454 e. The van der Waals surface area contributed by atoms with Crippen LogP contribution >= 0.6 is 11.6 Å². The van der Waals surface area contributed by atoms with Crippen LogP contribution in [-0.2, 0) is 11.3 Å². The van der Waals surface area contributed by atoms with Gasteiger partial charge in [0, 0.05) is 17.3 Å². The summed E-state index contributed by atoms with van der Waals surface area (Å²) in [7, 11) is 0. The molecule has 0 aliphatic heterocycles. The predicted octanol–water partition coefficient (Wildman–Crippen LogP) is 4.41. The number of nitrogens with zero attached hydrogens (tertiary/aromatic N) is 3. The van der Waals surface area contributed by atoms with Crippen molar-refractivity contribution in [1.82, 2.24) is 9.78 Å². The van der Waals surface area contributed by atoms with Gasteiger partial charge in [0.25, 0.3) is 5.69 Å². The SMILES string of the molecule is CC(OC(=O)c1cnn(Cc2ccccc2Cl)c1)c1ccccc1[N+](=O)[O-]. The van der Waals surface area contributed by atoms with E-state index in [-0.39, 0.29) is 11.3 Å². The van der Waals surface area contributed by atoms with E-state index in [9.17, 15) is 14.9 Å². The Morgan fingerprint density at radius 1 is 1.26 bits per heavy atom. The van der Waals surface area contributed by atoms with Gasteiger partial charge in [-0.1, -0.05) is 41.9 Å². The molecule has 0 spiro atoms. The minimum atomic E-state index is -0.772. The topological polar surface area (TPSA) is 87.3 Å². The van der Waals surface area contributed by atoms with Gasteiger partial charge >= 0.3 is 5.97 Å².